The number of thiol groups is 1. The van der Waals surface area contributed by atoms with Crippen molar-refractivity contribution in [2.45, 2.75) is 20.8 Å². The smallest absolute Gasteiger partial charge is 0.668 e. The quantitative estimate of drug-likeness (QED) is 0.621. The van der Waals surface area contributed by atoms with Gasteiger partial charge in [0.25, 0.3) is 0 Å². The average Bonchev–Trinajstić information content (AvgIpc) is 1.91. The van der Waals surface area contributed by atoms with Crippen molar-refractivity contribution in [2.75, 3.05) is 5.75 Å². The zero-order chi connectivity index (χ0) is 7.86. The van der Waals surface area contributed by atoms with E-state index in [4.69, 9.17) is 5.73 Å². The Bertz CT molecular complexity index is 80.1. The van der Waals surface area contributed by atoms with E-state index in [0.717, 1.165) is 0 Å². The van der Waals surface area contributed by atoms with Crippen LogP contribution in [0.3, 0.4) is 0 Å². The first-order valence-corrected chi connectivity index (χ1v) is 3.68. The monoisotopic (exact) mass is 233 g/mol. The topological polar surface area (TPSA) is 40.9 Å². The van der Waals surface area contributed by atoms with Crippen molar-refractivity contribution < 1.29 is 63.0 Å². The molecule has 1 atom stereocenters. The van der Waals surface area contributed by atoms with Crippen molar-refractivity contribution in [3.8, 4) is 0 Å². The van der Waals surface area contributed by atoms with Crippen LogP contribution >= 0.6 is 12.6 Å². The van der Waals surface area contributed by atoms with Crippen LogP contribution in [0.4, 0.5) is 0 Å². The zero-order valence-corrected chi connectivity index (χ0v) is 13.0. The third-order valence-electron chi connectivity index (χ3n) is 0.721. The van der Waals surface area contributed by atoms with E-state index < -0.39 is 5.91 Å². The SMILES string of the molecule is CC.CC(CS)C([NH-])=O.[Rb+]. The van der Waals surface area contributed by atoms with Gasteiger partial charge in [0.05, 0.1) is 5.91 Å². The molecule has 4 heteroatoms. The standard InChI is InChI=1S/C4H9NOS.C2H6.Rb/c1-3(2-7)4(5)6;1-2;/h3H,2H2,1H3,(H3,5,6,7);1-2H3;/q;;+1/p-1. The molecule has 0 aromatic rings. The maximum atomic E-state index is 9.99. The van der Waals surface area contributed by atoms with E-state index in [9.17, 15) is 4.79 Å². The van der Waals surface area contributed by atoms with Crippen LogP contribution < -0.4 is 58.2 Å². The number of amides is 1. The Kier molecular flexibility index (Phi) is 23.3. The third kappa shape index (κ3) is 12.3. The first-order valence-electron chi connectivity index (χ1n) is 3.04. The molecular weight excluding hydrogens is 220 g/mol. The summed E-state index contributed by atoms with van der Waals surface area (Å²) in [5.41, 5.74) is 6.50. The molecule has 0 rings (SSSR count). The second-order valence-corrected chi connectivity index (χ2v) is 1.81. The molecule has 0 aliphatic carbocycles. The van der Waals surface area contributed by atoms with Gasteiger partial charge < -0.3 is 10.5 Å². The third-order valence-corrected chi connectivity index (χ3v) is 1.27. The predicted octanol–water partition coefficient (Wildman–Crippen LogP) is -0.839. The summed E-state index contributed by atoms with van der Waals surface area (Å²) >= 11 is 3.81. The van der Waals surface area contributed by atoms with E-state index in [-0.39, 0.29) is 64.1 Å². The number of rotatable bonds is 2. The van der Waals surface area contributed by atoms with Gasteiger partial charge in [-0.05, 0) is 5.75 Å². The molecule has 0 spiro atoms. The fourth-order valence-electron chi connectivity index (χ4n) is 0.0829. The van der Waals surface area contributed by atoms with Crippen LogP contribution in [-0.2, 0) is 4.79 Å². The van der Waals surface area contributed by atoms with Crippen LogP contribution in [0.25, 0.3) is 5.73 Å². The zero-order valence-electron chi connectivity index (χ0n) is 7.14. The summed E-state index contributed by atoms with van der Waals surface area (Å²) in [6.45, 7) is 5.68. The summed E-state index contributed by atoms with van der Waals surface area (Å²) in [4.78, 5) is 9.99. The summed E-state index contributed by atoms with van der Waals surface area (Å²) in [7, 11) is 0. The maximum absolute atomic E-state index is 9.99. The molecule has 0 aromatic carbocycles. The Hall–Kier alpha value is 1.63. The normalized spacial score (nSPS) is 10.0. The van der Waals surface area contributed by atoms with Gasteiger partial charge in [-0.1, -0.05) is 20.8 Å². The Balaban J connectivity index is -0.000000149. The fourth-order valence-corrected chi connectivity index (χ4v) is 0.249. The molecule has 0 aliphatic rings. The Morgan fingerprint density at radius 1 is 1.60 bits per heavy atom. The van der Waals surface area contributed by atoms with Crippen molar-refractivity contribution >= 4 is 18.5 Å². The number of hydrogen-bond acceptors (Lipinski definition) is 2. The molecule has 0 radical (unpaired) electrons. The Morgan fingerprint density at radius 2 is 1.90 bits per heavy atom. The minimum atomic E-state index is -0.532. The summed E-state index contributed by atoms with van der Waals surface area (Å²) in [6.07, 6.45) is 0. The van der Waals surface area contributed by atoms with E-state index in [2.05, 4.69) is 12.6 Å². The van der Waals surface area contributed by atoms with Crippen molar-refractivity contribution in [1.29, 1.82) is 0 Å². The van der Waals surface area contributed by atoms with Gasteiger partial charge in [0.1, 0.15) is 0 Å². The average molecular weight is 234 g/mol. The van der Waals surface area contributed by atoms with Crippen LogP contribution in [0, 0.1) is 5.92 Å². The summed E-state index contributed by atoms with van der Waals surface area (Å²) in [6, 6.07) is 0. The van der Waals surface area contributed by atoms with E-state index in [0.29, 0.717) is 5.75 Å². The summed E-state index contributed by atoms with van der Waals surface area (Å²) < 4.78 is 0. The van der Waals surface area contributed by atoms with E-state index in [1.807, 2.05) is 13.8 Å². The molecule has 1 amide bonds. The second kappa shape index (κ2) is 13.2. The van der Waals surface area contributed by atoms with E-state index in [1.165, 1.54) is 0 Å². The van der Waals surface area contributed by atoms with Crippen LogP contribution in [0.15, 0.2) is 0 Å². The Labute approximate surface area is 118 Å². The molecule has 0 heterocycles. The minimum absolute atomic E-state index is 0. The molecular formula is C6H14NORbS. The van der Waals surface area contributed by atoms with Crippen LogP contribution in [0.1, 0.15) is 20.8 Å². The number of carbonyl (C=O) groups excluding carboxylic acids is 1. The molecule has 0 fully saturated rings. The molecule has 1 unspecified atom stereocenters. The molecule has 0 aromatic heterocycles. The van der Waals surface area contributed by atoms with Gasteiger partial charge in [-0.2, -0.15) is 12.6 Å². The molecule has 0 aliphatic heterocycles. The molecule has 0 bridgehead atoms. The van der Waals surface area contributed by atoms with Crippen molar-refractivity contribution in [2.24, 2.45) is 5.92 Å². The fraction of sp³-hybridized carbons (Fsp3) is 0.833. The predicted molar refractivity (Wildman–Crippen MR) is 43.7 cm³/mol. The van der Waals surface area contributed by atoms with Gasteiger partial charge in [-0.25, -0.2) is 0 Å². The molecule has 56 valence electrons. The van der Waals surface area contributed by atoms with Crippen molar-refractivity contribution in [1.82, 2.24) is 0 Å². The second-order valence-electron chi connectivity index (χ2n) is 1.45. The first-order chi connectivity index (χ1) is 4.18. The minimum Gasteiger partial charge on any atom is -0.668 e. The van der Waals surface area contributed by atoms with Crippen molar-refractivity contribution in [3.63, 3.8) is 0 Å². The molecule has 1 N–H and O–H groups in total. The van der Waals surface area contributed by atoms with Crippen LogP contribution in [-0.4, -0.2) is 11.7 Å². The summed E-state index contributed by atoms with van der Waals surface area (Å²) in [5, 5.41) is 0. The molecule has 2 nitrogen and oxygen atoms in total. The van der Waals surface area contributed by atoms with Gasteiger partial charge in [0, 0.05) is 5.92 Å². The van der Waals surface area contributed by atoms with Crippen molar-refractivity contribution in [3.05, 3.63) is 5.73 Å². The first kappa shape index (κ1) is 17.6. The van der Waals surface area contributed by atoms with Gasteiger partial charge in [-0.3, -0.25) is 0 Å². The maximum Gasteiger partial charge on any atom is 1.00 e. The number of hydrogen-bond donors (Lipinski definition) is 1. The van der Waals surface area contributed by atoms with Crippen LogP contribution in [0.5, 0.6) is 0 Å². The van der Waals surface area contributed by atoms with Gasteiger partial charge >= 0.3 is 58.2 Å². The largest absolute Gasteiger partial charge is 1.00 e. The Morgan fingerprint density at radius 3 is 1.90 bits per heavy atom. The number of carbonyl (C=O) groups is 1. The molecule has 0 saturated heterocycles. The molecule has 0 saturated carbocycles. The van der Waals surface area contributed by atoms with E-state index >= 15 is 0 Å². The summed E-state index contributed by atoms with van der Waals surface area (Å²) in [5.74, 6) is -0.263. The van der Waals surface area contributed by atoms with Gasteiger partial charge in [0.2, 0.25) is 0 Å². The van der Waals surface area contributed by atoms with Crippen LogP contribution in [0.2, 0.25) is 0 Å². The van der Waals surface area contributed by atoms with Gasteiger partial charge in [0.15, 0.2) is 0 Å². The number of nitrogens with one attached hydrogen (secondary N) is 1. The van der Waals surface area contributed by atoms with E-state index in [1.54, 1.807) is 6.92 Å². The molecule has 10 heavy (non-hydrogen) atoms. The van der Waals surface area contributed by atoms with Gasteiger partial charge in [-0.15, -0.1) is 0 Å².